The predicted molar refractivity (Wildman–Crippen MR) is 74.0 cm³/mol. The molecular formula is C11H14Br2N2O2. The molecule has 0 unspecified atom stereocenters. The number of aromatic nitrogens is 1. The first-order valence-electron chi connectivity index (χ1n) is 5.17. The molecule has 1 amide bonds. The van der Waals surface area contributed by atoms with E-state index in [2.05, 4.69) is 31.9 Å². The van der Waals surface area contributed by atoms with Crippen LogP contribution < -0.4 is 5.56 Å². The number of nitrogens with zero attached hydrogens (tertiary/aromatic N) is 2. The van der Waals surface area contributed by atoms with Gasteiger partial charge in [0.15, 0.2) is 0 Å². The zero-order chi connectivity index (χ0) is 13.0. The Hall–Kier alpha value is -0.620. The molecule has 0 saturated carbocycles. The average molecular weight is 366 g/mol. The fourth-order valence-corrected chi connectivity index (χ4v) is 2.61. The molecule has 1 rings (SSSR count). The topological polar surface area (TPSA) is 42.3 Å². The lowest BCUT2D eigenvalue weighted by Gasteiger charge is -2.11. The van der Waals surface area contributed by atoms with Gasteiger partial charge in [-0.2, -0.15) is 0 Å². The summed E-state index contributed by atoms with van der Waals surface area (Å²) in [5.41, 5.74) is -0.0782. The highest BCUT2D eigenvalue weighted by Crippen LogP contribution is 2.13. The lowest BCUT2D eigenvalue weighted by molar-refractivity contribution is -0.128. The van der Waals surface area contributed by atoms with Gasteiger partial charge in [-0.25, -0.2) is 0 Å². The minimum atomic E-state index is -0.0782. The van der Waals surface area contributed by atoms with Crippen molar-refractivity contribution in [1.82, 2.24) is 9.47 Å². The van der Waals surface area contributed by atoms with Crippen LogP contribution in [-0.2, 0) is 11.3 Å². The number of carbonyl (C=O) groups excluding carboxylic acids is 1. The van der Waals surface area contributed by atoms with E-state index in [4.69, 9.17) is 0 Å². The molecule has 0 bridgehead atoms. The van der Waals surface area contributed by atoms with Crippen molar-refractivity contribution in [2.24, 2.45) is 0 Å². The van der Waals surface area contributed by atoms with Crippen LogP contribution in [0.15, 0.2) is 26.0 Å². The van der Waals surface area contributed by atoms with Gasteiger partial charge in [-0.1, -0.05) is 0 Å². The molecule has 0 radical (unpaired) electrons. The summed E-state index contributed by atoms with van der Waals surface area (Å²) < 4.78 is 2.95. The van der Waals surface area contributed by atoms with Gasteiger partial charge in [0, 0.05) is 37.7 Å². The fourth-order valence-electron chi connectivity index (χ4n) is 1.36. The molecule has 1 aromatic heterocycles. The number of amides is 1. The molecule has 0 aliphatic carbocycles. The molecule has 4 nitrogen and oxygen atoms in total. The standard InChI is InChI=1S/C11H14Br2N2O2/c1-14(2)10(16)4-3-5-15-7-8(12)6-9(13)11(15)17/h6-7H,3-5H2,1-2H3. The fraction of sp³-hybridized carbons (Fsp3) is 0.455. The van der Waals surface area contributed by atoms with Crippen LogP contribution in [0.5, 0.6) is 0 Å². The molecule has 0 aromatic carbocycles. The van der Waals surface area contributed by atoms with Crippen LogP contribution >= 0.6 is 31.9 Å². The van der Waals surface area contributed by atoms with E-state index in [0.717, 1.165) is 4.47 Å². The summed E-state index contributed by atoms with van der Waals surface area (Å²) >= 11 is 6.53. The zero-order valence-corrected chi connectivity index (χ0v) is 12.9. The van der Waals surface area contributed by atoms with E-state index in [1.807, 2.05) is 0 Å². The van der Waals surface area contributed by atoms with E-state index in [9.17, 15) is 9.59 Å². The van der Waals surface area contributed by atoms with E-state index in [-0.39, 0.29) is 11.5 Å². The van der Waals surface area contributed by atoms with Crippen LogP contribution in [0, 0.1) is 0 Å². The van der Waals surface area contributed by atoms with Gasteiger partial charge in [0.05, 0.1) is 4.47 Å². The Labute approximate surface area is 117 Å². The number of rotatable bonds is 4. The minimum absolute atomic E-state index is 0.0760. The lowest BCUT2D eigenvalue weighted by atomic mass is 10.3. The van der Waals surface area contributed by atoms with Crippen molar-refractivity contribution in [1.29, 1.82) is 0 Å². The van der Waals surface area contributed by atoms with E-state index in [0.29, 0.717) is 23.9 Å². The van der Waals surface area contributed by atoms with Gasteiger partial charge >= 0.3 is 0 Å². The summed E-state index contributed by atoms with van der Waals surface area (Å²) in [4.78, 5) is 24.7. The lowest BCUT2D eigenvalue weighted by Crippen LogP contribution is -2.24. The maximum Gasteiger partial charge on any atom is 0.264 e. The number of hydrogen-bond acceptors (Lipinski definition) is 2. The second kappa shape index (κ2) is 6.35. The SMILES string of the molecule is CN(C)C(=O)CCCn1cc(Br)cc(Br)c1=O. The molecule has 0 spiro atoms. The van der Waals surface area contributed by atoms with Crippen molar-refractivity contribution < 1.29 is 4.79 Å². The zero-order valence-electron chi connectivity index (χ0n) is 9.74. The van der Waals surface area contributed by atoms with Crippen molar-refractivity contribution in [3.05, 3.63) is 31.6 Å². The third-order valence-electron chi connectivity index (χ3n) is 2.30. The Morgan fingerprint density at radius 1 is 1.41 bits per heavy atom. The normalized spacial score (nSPS) is 10.4. The summed E-state index contributed by atoms with van der Waals surface area (Å²) in [7, 11) is 3.45. The van der Waals surface area contributed by atoms with Crippen LogP contribution in [0.1, 0.15) is 12.8 Å². The highest BCUT2D eigenvalue weighted by molar-refractivity contribution is 9.11. The van der Waals surface area contributed by atoms with Gasteiger partial charge in [-0.05, 0) is 44.3 Å². The van der Waals surface area contributed by atoms with Gasteiger partial charge in [-0.15, -0.1) is 0 Å². The quantitative estimate of drug-likeness (QED) is 0.821. The van der Waals surface area contributed by atoms with Crippen molar-refractivity contribution >= 4 is 37.8 Å². The third kappa shape index (κ3) is 4.27. The first-order chi connectivity index (χ1) is 7.91. The van der Waals surface area contributed by atoms with Crippen LogP contribution in [0.4, 0.5) is 0 Å². The molecule has 0 fully saturated rings. The van der Waals surface area contributed by atoms with Gasteiger partial charge < -0.3 is 9.47 Å². The summed E-state index contributed by atoms with van der Waals surface area (Å²) in [6.07, 6.45) is 2.83. The maximum absolute atomic E-state index is 11.7. The van der Waals surface area contributed by atoms with E-state index >= 15 is 0 Å². The summed E-state index contributed by atoms with van der Waals surface area (Å²) in [6.45, 7) is 0.538. The van der Waals surface area contributed by atoms with Crippen molar-refractivity contribution in [2.45, 2.75) is 19.4 Å². The Morgan fingerprint density at radius 2 is 2.06 bits per heavy atom. The minimum Gasteiger partial charge on any atom is -0.349 e. The average Bonchev–Trinajstić information content (AvgIpc) is 2.24. The monoisotopic (exact) mass is 364 g/mol. The predicted octanol–water partition coefficient (Wildman–Crippen LogP) is 2.24. The van der Waals surface area contributed by atoms with Crippen LogP contribution in [0.25, 0.3) is 0 Å². The number of carbonyl (C=O) groups is 1. The summed E-state index contributed by atoms with van der Waals surface area (Å²) in [5, 5.41) is 0. The molecule has 0 aliphatic rings. The van der Waals surface area contributed by atoms with E-state index in [1.165, 1.54) is 0 Å². The summed E-state index contributed by atoms with van der Waals surface area (Å²) in [5.74, 6) is 0.0760. The Bertz CT molecular complexity index is 469. The third-order valence-corrected chi connectivity index (χ3v) is 3.30. The van der Waals surface area contributed by atoms with Gasteiger partial charge in [0.2, 0.25) is 5.91 Å². The van der Waals surface area contributed by atoms with Crippen molar-refractivity contribution in [3.8, 4) is 0 Å². The summed E-state index contributed by atoms with van der Waals surface area (Å²) in [6, 6.07) is 1.71. The highest BCUT2D eigenvalue weighted by atomic mass is 79.9. The number of halogens is 2. The molecule has 0 aliphatic heterocycles. The second-order valence-electron chi connectivity index (χ2n) is 3.90. The van der Waals surface area contributed by atoms with Crippen molar-refractivity contribution in [2.75, 3.05) is 14.1 Å². The molecule has 94 valence electrons. The second-order valence-corrected chi connectivity index (χ2v) is 5.67. The molecule has 17 heavy (non-hydrogen) atoms. The molecular weight excluding hydrogens is 352 g/mol. The van der Waals surface area contributed by atoms with Gasteiger partial charge in [0.25, 0.3) is 5.56 Å². The smallest absolute Gasteiger partial charge is 0.264 e. The first-order valence-corrected chi connectivity index (χ1v) is 6.76. The largest absolute Gasteiger partial charge is 0.349 e. The van der Waals surface area contributed by atoms with Crippen LogP contribution in [-0.4, -0.2) is 29.5 Å². The molecule has 0 saturated heterocycles. The number of aryl methyl sites for hydroxylation is 1. The van der Waals surface area contributed by atoms with Crippen molar-refractivity contribution in [3.63, 3.8) is 0 Å². The van der Waals surface area contributed by atoms with E-state index in [1.54, 1.807) is 35.8 Å². The molecule has 0 N–H and O–H groups in total. The number of pyridine rings is 1. The first kappa shape index (κ1) is 14.4. The van der Waals surface area contributed by atoms with Gasteiger partial charge in [0.1, 0.15) is 0 Å². The van der Waals surface area contributed by atoms with Gasteiger partial charge in [-0.3, -0.25) is 9.59 Å². The van der Waals surface area contributed by atoms with Crippen LogP contribution in [0.3, 0.4) is 0 Å². The highest BCUT2D eigenvalue weighted by Gasteiger charge is 2.06. The maximum atomic E-state index is 11.7. The van der Waals surface area contributed by atoms with Crippen LogP contribution in [0.2, 0.25) is 0 Å². The number of hydrogen-bond donors (Lipinski definition) is 0. The molecule has 1 aromatic rings. The Kier molecular flexibility index (Phi) is 5.39. The Balaban J connectivity index is 2.64. The Morgan fingerprint density at radius 3 is 2.65 bits per heavy atom. The molecule has 0 atom stereocenters. The molecule has 6 heteroatoms. The molecule has 1 heterocycles. The van der Waals surface area contributed by atoms with E-state index < -0.39 is 0 Å².